The molecule has 4 N–H and O–H groups in total. The second-order valence-corrected chi connectivity index (χ2v) is 2.95. The molecule has 0 saturated heterocycles. The van der Waals surface area contributed by atoms with Crippen molar-refractivity contribution in [2.75, 3.05) is 0 Å². The Morgan fingerprint density at radius 2 is 2.18 bits per heavy atom. The molecular weight excluding hydrogens is 142 g/mol. The Balaban J connectivity index is 2.42. The third-order valence-corrected chi connectivity index (χ3v) is 2.03. The molecule has 0 unspecified atom stereocenters. The molecule has 2 rings (SSSR count). The van der Waals surface area contributed by atoms with Crippen LogP contribution in [0.4, 0.5) is 0 Å². The van der Waals surface area contributed by atoms with Crippen molar-refractivity contribution < 1.29 is 0 Å². The zero-order valence-corrected chi connectivity index (χ0v) is 6.18. The third kappa shape index (κ3) is 1.09. The minimum atomic E-state index is -0.132. The van der Waals surface area contributed by atoms with Crippen LogP contribution in [0.2, 0.25) is 0 Å². The lowest BCUT2D eigenvalue weighted by molar-refractivity contribution is 0.944. The number of nitrogens with two attached hydrogens (primary N) is 1. The molecule has 0 amide bonds. The van der Waals surface area contributed by atoms with Crippen molar-refractivity contribution in [2.24, 2.45) is 5.73 Å². The molecular formula is C7H11N3O. The molecule has 4 nitrogen and oxygen atoms in total. The minimum Gasteiger partial charge on any atom is -0.325 e. The normalized spacial score (nSPS) is 17.2. The number of aromatic nitrogens is 2. The van der Waals surface area contributed by atoms with Gasteiger partial charge >= 0.3 is 5.69 Å². The molecule has 0 bridgehead atoms. The van der Waals surface area contributed by atoms with Gasteiger partial charge in [0.05, 0.1) is 5.69 Å². The summed E-state index contributed by atoms with van der Waals surface area (Å²) >= 11 is 0. The zero-order chi connectivity index (χ0) is 7.84. The van der Waals surface area contributed by atoms with Crippen molar-refractivity contribution in [3.63, 3.8) is 0 Å². The highest BCUT2D eigenvalue weighted by Gasteiger charge is 2.27. The van der Waals surface area contributed by atoms with E-state index >= 15 is 0 Å². The Morgan fingerprint density at radius 1 is 1.45 bits per heavy atom. The molecule has 1 aromatic rings. The van der Waals surface area contributed by atoms with Crippen molar-refractivity contribution in [1.82, 2.24) is 9.97 Å². The second-order valence-electron chi connectivity index (χ2n) is 2.95. The Morgan fingerprint density at radius 3 is 2.73 bits per heavy atom. The summed E-state index contributed by atoms with van der Waals surface area (Å²) in [6.45, 7) is 0.421. The summed E-state index contributed by atoms with van der Waals surface area (Å²) < 4.78 is 0. The first-order valence-electron chi connectivity index (χ1n) is 3.82. The van der Waals surface area contributed by atoms with Gasteiger partial charge in [0.25, 0.3) is 0 Å². The Kier molecular flexibility index (Phi) is 1.35. The molecule has 1 fully saturated rings. The molecule has 0 atom stereocenters. The van der Waals surface area contributed by atoms with Gasteiger partial charge in [0.15, 0.2) is 0 Å². The number of imidazole rings is 1. The highest BCUT2D eigenvalue weighted by Crippen LogP contribution is 2.39. The summed E-state index contributed by atoms with van der Waals surface area (Å²) in [7, 11) is 0. The van der Waals surface area contributed by atoms with Crippen LogP contribution in [-0.2, 0) is 6.54 Å². The van der Waals surface area contributed by atoms with Gasteiger partial charge in [-0.25, -0.2) is 4.79 Å². The highest BCUT2D eigenvalue weighted by atomic mass is 16.1. The lowest BCUT2D eigenvalue weighted by Gasteiger charge is -1.94. The average molecular weight is 153 g/mol. The van der Waals surface area contributed by atoms with Crippen molar-refractivity contribution >= 4 is 0 Å². The molecule has 1 aromatic heterocycles. The summed E-state index contributed by atoms with van der Waals surface area (Å²) in [5.41, 5.74) is 7.21. The Bertz CT molecular complexity index is 308. The van der Waals surface area contributed by atoms with Gasteiger partial charge in [-0.05, 0) is 12.8 Å². The first kappa shape index (κ1) is 6.67. The number of aromatic amines is 2. The van der Waals surface area contributed by atoms with Crippen LogP contribution in [-0.4, -0.2) is 9.97 Å². The fraction of sp³-hybridized carbons (Fsp3) is 0.571. The van der Waals surface area contributed by atoms with Crippen molar-refractivity contribution in [2.45, 2.75) is 25.3 Å². The van der Waals surface area contributed by atoms with E-state index < -0.39 is 0 Å². The van der Waals surface area contributed by atoms with Crippen LogP contribution in [0.25, 0.3) is 0 Å². The number of rotatable bonds is 2. The van der Waals surface area contributed by atoms with E-state index in [0.29, 0.717) is 12.5 Å². The van der Waals surface area contributed by atoms with Crippen LogP contribution in [0.5, 0.6) is 0 Å². The van der Waals surface area contributed by atoms with Crippen LogP contribution < -0.4 is 11.4 Å². The maximum Gasteiger partial charge on any atom is 0.323 e. The highest BCUT2D eigenvalue weighted by molar-refractivity contribution is 5.20. The molecule has 1 aliphatic carbocycles. The van der Waals surface area contributed by atoms with Gasteiger partial charge in [-0.1, -0.05) is 0 Å². The number of nitrogens with one attached hydrogen (secondary N) is 2. The van der Waals surface area contributed by atoms with Crippen LogP contribution in [0.3, 0.4) is 0 Å². The van der Waals surface area contributed by atoms with Crippen LogP contribution in [0.15, 0.2) is 4.79 Å². The van der Waals surface area contributed by atoms with Gasteiger partial charge in [0.2, 0.25) is 0 Å². The molecule has 0 aliphatic heterocycles. The topological polar surface area (TPSA) is 74.7 Å². The number of hydrogen-bond acceptors (Lipinski definition) is 2. The quantitative estimate of drug-likeness (QED) is 0.561. The zero-order valence-electron chi connectivity index (χ0n) is 6.18. The van der Waals surface area contributed by atoms with E-state index in [0.717, 1.165) is 11.4 Å². The van der Waals surface area contributed by atoms with Crippen molar-refractivity contribution in [1.29, 1.82) is 0 Å². The van der Waals surface area contributed by atoms with Gasteiger partial charge in [-0.15, -0.1) is 0 Å². The third-order valence-electron chi connectivity index (χ3n) is 2.03. The summed E-state index contributed by atoms with van der Waals surface area (Å²) in [5, 5.41) is 0. The fourth-order valence-electron chi connectivity index (χ4n) is 1.31. The molecule has 0 aromatic carbocycles. The average Bonchev–Trinajstić information content (AvgIpc) is 2.75. The molecule has 1 aliphatic rings. The SMILES string of the molecule is NCc1[nH]c(=O)[nH]c1C1CC1. The predicted molar refractivity (Wildman–Crippen MR) is 41.3 cm³/mol. The van der Waals surface area contributed by atoms with E-state index in [9.17, 15) is 4.79 Å². The van der Waals surface area contributed by atoms with Gasteiger partial charge < -0.3 is 15.7 Å². The molecule has 1 saturated carbocycles. The Labute approximate surface area is 63.8 Å². The summed E-state index contributed by atoms with van der Waals surface area (Å²) in [6, 6.07) is 0. The maximum atomic E-state index is 10.8. The van der Waals surface area contributed by atoms with Crippen molar-refractivity contribution in [3.8, 4) is 0 Å². The number of hydrogen-bond donors (Lipinski definition) is 3. The van der Waals surface area contributed by atoms with Gasteiger partial charge in [-0.2, -0.15) is 0 Å². The lowest BCUT2D eigenvalue weighted by atomic mass is 10.2. The molecule has 60 valence electrons. The van der Waals surface area contributed by atoms with Crippen molar-refractivity contribution in [3.05, 3.63) is 21.9 Å². The van der Waals surface area contributed by atoms with E-state index in [2.05, 4.69) is 9.97 Å². The summed E-state index contributed by atoms with van der Waals surface area (Å²) in [4.78, 5) is 16.3. The minimum absolute atomic E-state index is 0.132. The van der Waals surface area contributed by atoms with Crippen LogP contribution >= 0.6 is 0 Å². The molecule has 4 heteroatoms. The molecule has 11 heavy (non-hydrogen) atoms. The monoisotopic (exact) mass is 153 g/mol. The smallest absolute Gasteiger partial charge is 0.323 e. The van der Waals surface area contributed by atoms with Crippen LogP contribution in [0, 0.1) is 0 Å². The standard InChI is InChI=1S/C7H11N3O/c8-3-5-6(4-1-2-4)10-7(11)9-5/h4H,1-3,8H2,(H2,9,10,11). The van der Waals surface area contributed by atoms with E-state index in [1.54, 1.807) is 0 Å². The van der Waals surface area contributed by atoms with Gasteiger partial charge in [0.1, 0.15) is 0 Å². The lowest BCUT2D eigenvalue weighted by Crippen LogP contribution is -2.03. The van der Waals surface area contributed by atoms with Gasteiger partial charge in [-0.3, -0.25) is 0 Å². The predicted octanol–water partition coefficient (Wildman–Crippen LogP) is 0.0391. The first-order chi connectivity index (χ1) is 5.31. The van der Waals surface area contributed by atoms with Crippen LogP contribution in [0.1, 0.15) is 30.1 Å². The second kappa shape index (κ2) is 2.23. The van der Waals surface area contributed by atoms with E-state index in [1.165, 1.54) is 12.8 Å². The molecule has 0 spiro atoms. The Hall–Kier alpha value is -1.03. The van der Waals surface area contributed by atoms with E-state index in [-0.39, 0.29) is 5.69 Å². The fourth-order valence-corrected chi connectivity index (χ4v) is 1.31. The first-order valence-corrected chi connectivity index (χ1v) is 3.82. The summed E-state index contributed by atoms with van der Waals surface area (Å²) in [5.74, 6) is 0.562. The maximum absolute atomic E-state index is 10.8. The molecule has 0 radical (unpaired) electrons. The van der Waals surface area contributed by atoms with E-state index in [4.69, 9.17) is 5.73 Å². The molecule has 1 heterocycles. The largest absolute Gasteiger partial charge is 0.325 e. The number of H-pyrrole nitrogens is 2. The van der Waals surface area contributed by atoms with E-state index in [1.807, 2.05) is 0 Å². The van der Waals surface area contributed by atoms with Gasteiger partial charge in [0, 0.05) is 18.2 Å². The summed E-state index contributed by atoms with van der Waals surface area (Å²) in [6.07, 6.45) is 2.36.